The summed E-state index contributed by atoms with van der Waals surface area (Å²) >= 11 is 3.45. The molecule has 2 N–H and O–H groups in total. The van der Waals surface area contributed by atoms with Gasteiger partial charge in [0, 0.05) is 23.3 Å². The van der Waals surface area contributed by atoms with Crippen LogP contribution in [0.3, 0.4) is 0 Å². The Morgan fingerprint density at radius 2 is 2.38 bits per heavy atom. The van der Waals surface area contributed by atoms with E-state index in [0.717, 1.165) is 5.16 Å². The Kier molecular flexibility index (Phi) is 3.63. The summed E-state index contributed by atoms with van der Waals surface area (Å²) in [6.45, 7) is 2.71. The lowest BCUT2D eigenvalue weighted by Gasteiger charge is -2.11. The minimum Gasteiger partial charge on any atom is -0.329 e. The average molecular weight is 254 g/mol. The van der Waals surface area contributed by atoms with E-state index in [-0.39, 0.29) is 5.25 Å². The van der Waals surface area contributed by atoms with Crippen molar-refractivity contribution in [2.75, 3.05) is 6.54 Å². The van der Waals surface area contributed by atoms with E-state index in [1.165, 1.54) is 9.75 Å². The normalized spacial score (nSPS) is 12.9. The van der Waals surface area contributed by atoms with Gasteiger partial charge in [-0.15, -0.1) is 21.5 Å². The van der Waals surface area contributed by atoms with Gasteiger partial charge in [0.25, 0.3) is 0 Å². The van der Waals surface area contributed by atoms with Gasteiger partial charge in [0.1, 0.15) is 6.33 Å². The molecule has 1 unspecified atom stereocenters. The highest BCUT2D eigenvalue weighted by Crippen LogP contribution is 2.36. The first-order chi connectivity index (χ1) is 7.70. The number of thiophene rings is 1. The van der Waals surface area contributed by atoms with Gasteiger partial charge in [-0.1, -0.05) is 11.8 Å². The van der Waals surface area contributed by atoms with E-state index in [1.807, 2.05) is 11.6 Å². The van der Waals surface area contributed by atoms with Crippen LogP contribution in [0, 0.1) is 6.92 Å². The van der Waals surface area contributed by atoms with Crippen LogP contribution in [-0.2, 0) is 7.05 Å². The zero-order valence-corrected chi connectivity index (χ0v) is 10.9. The zero-order valence-electron chi connectivity index (χ0n) is 9.25. The Morgan fingerprint density at radius 1 is 1.56 bits per heavy atom. The number of rotatable bonds is 4. The fourth-order valence-corrected chi connectivity index (χ4v) is 3.37. The topological polar surface area (TPSA) is 56.7 Å². The van der Waals surface area contributed by atoms with Crippen LogP contribution in [0.15, 0.2) is 23.6 Å². The van der Waals surface area contributed by atoms with Crippen molar-refractivity contribution in [3.05, 3.63) is 28.2 Å². The Bertz CT molecular complexity index is 463. The molecular weight excluding hydrogens is 240 g/mol. The highest BCUT2D eigenvalue weighted by atomic mass is 32.2. The Hall–Kier alpha value is -0.850. The molecule has 0 radical (unpaired) electrons. The maximum Gasteiger partial charge on any atom is 0.191 e. The summed E-state index contributed by atoms with van der Waals surface area (Å²) in [6, 6.07) is 4.26. The summed E-state index contributed by atoms with van der Waals surface area (Å²) in [5, 5.41) is 9.09. The molecular formula is C10H14N4S2. The van der Waals surface area contributed by atoms with Crippen LogP contribution in [-0.4, -0.2) is 21.3 Å². The van der Waals surface area contributed by atoms with Gasteiger partial charge >= 0.3 is 0 Å². The molecule has 0 saturated heterocycles. The van der Waals surface area contributed by atoms with E-state index < -0.39 is 0 Å². The second-order valence-corrected chi connectivity index (χ2v) is 6.00. The molecule has 2 rings (SSSR count). The molecule has 0 aromatic carbocycles. The minimum atomic E-state index is 0.265. The average Bonchev–Trinajstić information content (AvgIpc) is 2.85. The molecule has 16 heavy (non-hydrogen) atoms. The predicted octanol–water partition coefficient (Wildman–Crippen LogP) is 1.98. The Morgan fingerprint density at radius 3 is 2.88 bits per heavy atom. The zero-order chi connectivity index (χ0) is 11.5. The van der Waals surface area contributed by atoms with Crippen LogP contribution in [0.4, 0.5) is 0 Å². The van der Waals surface area contributed by atoms with Gasteiger partial charge in [-0.3, -0.25) is 0 Å². The van der Waals surface area contributed by atoms with Crippen molar-refractivity contribution in [1.82, 2.24) is 14.8 Å². The summed E-state index contributed by atoms with van der Waals surface area (Å²) in [5.74, 6) is 0. The lowest BCUT2D eigenvalue weighted by Crippen LogP contribution is -2.08. The van der Waals surface area contributed by atoms with Crippen LogP contribution in [0.2, 0.25) is 0 Å². The fourth-order valence-electron chi connectivity index (χ4n) is 1.36. The molecule has 2 aromatic heterocycles. The summed E-state index contributed by atoms with van der Waals surface area (Å²) < 4.78 is 1.91. The summed E-state index contributed by atoms with van der Waals surface area (Å²) in [6.07, 6.45) is 1.70. The van der Waals surface area contributed by atoms with Crippen molar-refractivity contribution < 1.29 is 0 Å². The summed E-state index contributed by atoms with van der Waals surface area (Å²) in [5.41, 5.74) is 5.81. The molecule has 1 atom stereocenters. The van der Waals surface area contributed by atoms with Gasteiger partial charge in [0.05, 0.1) is 5.25 Å². The molecule has 0 aliphatic carbocycles. The second kappa shape index (κ2) is 4.99. The smallest absolute Gasteiger partial charge is 0.191 e. The van der Waals surface area contributed by atoms with Crippen molar-refractivity contribution in [3.63, 3.8) is 0 Å². The molecule has 0 saturated carbocycles. The Labute approximate surface area is 103 Å². The van der Waals surface area contributed by atoms with Gasteiger partial charge < -0.3 is 10.3 Å². The van der Waals surface area contributed by atoms with E-state index in [4.69, 9.17) is 5.73 Å². The molecule has 0 spiro atoms. The summed E-state index contributed by atoms with van der Waals surface area (Å²) in [4.78, 5) is 2.61. The number of hydrogen-bond donors (Lipinski definition) is 1. The number of hydrogen-bond acceptors (Lipinski definition) is 5. The third kappa shape index (κ3) is 2.45. The summed E-state index contributed by atoms with van der Waals surface area (Å²) in [7, 11) is 1.94. The molecule has 4 nitrogen and oxygen atoms in total. The maximum atomic E-state index is 5.81. The number of aryl methyl sites for hydroxylation is 2. The molecule has 2 aromatic rings. The third-order valence-electron chi connectivity index (χ3n) is 2.21. The highest BCUT2D eigenvalue weighted by molar-refractivity contribution is 7.99. The largest absolute Gasteiger partial charge is 0.329 e. The molecule has 0 bridgehead atoms. The number of thioether (sulfide) groups is 1. The first-order valence-corrected chi connectivity index (χ1v) is 6.67. The van der Waals surface area contributed by atoms with Gasteiger partial charge in [0.2, 0.25) is 0 Å². The molecule has 0 aliphatic heterocycles. The molecule has 0 aliphatic rings. The second-order valence-electron chi connectivity index (χ2n) is 3.52. The van der Waals surface area contributed by atoms with Crippen LogP contribution in [0.25, 0.3) is 0 Å². The fraction of sp³-hybridized carbons (Fsp3) is 0.400. The van der Waals surface area contributed by atoms with Crippen molar-refractivity contribution >= 4 is 23.1 Å². The Balaban J connectivity index is 2.15. The van der Waals surface area contributed by atoms with Crippen molar-refractivity contribution in [2.24, 2.45) is 12.8 Å². The lowest BCUT2D eigenvalue weighted by atomic mass is 10.3. The first kappa shape index (κ1) is 11.6. The third-order valence-corrected chi connectivity index (χ3v) is 4.78. The standard InChI is InChI=1S/C10H14N4S2/c1-7-3-4-8(15-7)9(5-11)16-10-13-12-6-14(10)2/h3-4,6,9H,5,11H2,1-2H3. The molecule has 2 heterocycles. The van der Waals surface area contributed by atoms with E-state index in [0.29, 0.717) is 6.54 Å². The van der Waals surface area contributed by atoms with Crippen LogP contribution >= 0.6 is 23.1 Å². The number of nitrogens with two attached hydrogens (primary N) is 1. The van der Waals surface area contributed by atoms with Gasteiger partial charge in [-0.2, -0.15) is 0 Å². The van der Waals surface area contributed by atoms with Crippen LogP contribution in [0.5, 0.6) is 0 Å². The van der Waals surface area contributed by atoms with Gasteiger partial charge in [-0.05, 0) is 19.1 Å². The van der Waals surface area contributed by atoms with Crippen LogP contribution < -0.4 is 5.73 Å². The molecule has 6 heteroatoms. The van der Waals surface area contributed by atoms with Crippen molar-refractivity contribution in [2.45, 2.75) is 17.3 Å². The lowest BCUT2D eigenvalue weighted by molar-refractivity contribution is 0.782. The molecule has 0 fully saturated rings. The maximum absolute atomic E-state index is 5.81. The quantitative estimate of drug-likeness (QED) is 0.848. The first-order valence-electron chi connectivity index (χ1n) is 4.97. The van der Waals surface area contributed by atoms with Crippen molar-refractivity contribution in [1.29, 1.82) is 0 Å². The van der Waals surface area contributed by atoms with E-state index in [1.54, 1.807) is 29.4 Å². The van der Waals surface area contributed by atoms with Crippen LogP contribution in [0.1, 0.15) is 15.0 Å². The highest BCUT2D eigenvalue weighted by Gasteiger charge is 2.16. The van der Waals surface area contributed by atoms with Crippen molar-refractivity contribution in [3.8, 4) is 0 Å². The minimum absolute atomic E-state index is 0.265. The van der Waals surface area contributed by atoms with Gasteiger partial charge in [0.15, 0.2) is 5.16 Å². The molecule has 0 amide bonds. The van der Waals surface area contributed by atoms with E-state index in [2.05, 4.69) is 29.3 Å². The van der Waals surface area contributed by atoms with E-state index >= 15 is 0 Å². The van der Waals surface area contributed by atoms with E-state index in [9.17, 15) is 0 Å². The molecule has 86 valence electrons. The number of nitrogens with zero attached hydrogens (tertiary/aromatic N) is 3. The van der Waals surface area contributed by atoms with Gasteiger partial charge in [-0.25, -0.2) is 0 Å². The predicted molar refractivity (Wildman–Crippen MR) is 67.7 cm³/mol. The monoisotopic (exact) mass is 254 g/mol. The SMILES string of the molecule is Cc1ccc(C(CN)Sc2nncn2C)s1. The number of aromatic nitrogens is 3.